The molecule has 1 amide bonds. The molecule has 172 valence electrons. The van der Waals surface area contributed by atoms with E-state index in [0.29, 0.717) is 48.0 Å². The Morgan fingerprint density at radius 2 is 1.85 bits per heavy atom. The molecule has 1 saturated heterocycles. The average molecular weight is 455 g/mol. The highest BCUT2D eigenvalue weighted by molar-refractivity contribution is 6.42. The number of allylic oxidation sites excluding steroid dienone is 1. The molecule has 1 fully saturated rings. The van der Waals surface area contributed by atoms with Crippen LogP contribution < -0.4 is 10.6 Å². The van der Waals surface area contributed by atoms with Crippen molar-refractivity contribution in [2.45, 2.75) is 19.8 Å². The molecule has 0 bridgehead atoms. The summed E-state index contributed by atoms with van der Waals surface area (Å²) in [6.07, 6.45) is 8.58. The maximum Gasteiger partial charge on any atom is 0.295 e. The number of carbonyl (C=O) groups is 2. The van der Waals surface area contributed by atoms with Crippen molar-refractivity contribution in [3.63, 3.8) is 0 Å². The monoisotopic (exact) mass is 454 g/mol. The summed E-state index contributed by atoms with van der Waals surface area (Å²) in [6, 6.07) is 9.83. The lowest BCUT2D eigenvalue weighted by Crippen LogP contribution is -2.43. The second-order valence-electron chi connectivity index (χ2n) is 8.16. The van der Waals surface area contributed by atoms with Crippen molar-refractivity contribution in [1.82, 2.24) is 9.88 Å². The summed E-state index contributed by atoms with van der Waals surface area (Å²) in [5.41, 5.74) is 3.24. The number of rotatable bonds is 5. The summed E-state index contributed by atoms with van der Waals surface area (Å²) < 4.78 is 11.0. The minimum absolute atomic E-state index is 0.249. The van der Waals surface area contributed by atoms with Gasteiger partial charge in [0, 0.05) is 24.9 Å². The first kappa shape index (κ1) is 23.0. The summed E-state index contributed by atoms with van der Waals surface area (Å²) >= 11 is 0. The molecule has 1 atom stereocenters. The van der Waals surface area contributed by atoms with Crippen LogP contribution in [0.2, 0.25) is 0 Å². The molecular formula is C28H26N2O4. The number of terminal acetylenes is 1. The third-order valence-corrected chi connectivity index (χ3v) is 6.23. The van der Waals surface area contributed by atoms with Gasteiger partial charge in [-0.25, -0.2) is 0 Å². The molecule has 4 rings (SSSR count). The van der Waals surface area contributed by atoms with E-state index in [-0.39, 0.29) is 11.5 Å². The third kappa shape index (κ3) is 4.11. The number of ether oxygens (including phenoxy) is 2. The maximum absolute atomic E-state index is 13.3. The van der Waals surface area contributed by atoms with Crippen LogP contribution in [0.25, 0.3) is 17.1 Å². The summed E-state index contributed by atoms with van der Waals surface area (Å²) in [4.78, 5) is 31.2. The van der Waals surface area contributed by atoms with Crippen molar-refractivity contribution >= 4 is 28.8 Å². The van der Waals surface area contributed by atoms with Gasteiger partial charge in [-0.05, 0) is 31.2 Å². The number of nitrogens with zero attached hydrogens (tertiary/aromatic N) is 1. The van der Waals surface area contributed by atoms with E-state index in [1.807, 2.05) is 37.3 Å². The van der Waals surface area contributed by atoms with Gasteiger partial charge in [-0.2, -0.15) is 0 Å². The van der Waals surface area contributed by atoms with Crippen molar-refractivity contribution < 1.29 is 19.1 Å². The molecule has 34 heavy (non-hydrogen) atoms. The summed E-state index contributed by atoms with van der Waals surface area (Å²) in [6.45, 7) is 2.74. The predicted octanol–water partition coefficient (Wildman–Crippen LogP) is 2.07. The number of fused-ring (bicyclic) bond motifs is 1. The van der Waals surface area contributed by atoms with Gasteiger partial charge in [-0.3, -0.25) is 9.59 Å². The van der Waals surface area contributed by atoms with E-state index in [1.165, 1.54) is 20.4 Å². The SMILES string of the molecule is C#CC(=C1CCN(C(=O)C(=O)c2c[nH]c3c2=C(OC)C(C)C#CC=3OC)CC1)c1ccccc1. The number of H-pyrrole nitrogens is 1. The number of ketones is 1. The Balaban J connectivity index is 1.62. The number of likely N-dealkylation sites (tertiary alicyclic amines) is 1. The Morgan fingerprint density at radius 1 is 1.15 bits per heavy atom. The maximum atomic E-state index is 13.3. The highest BCUT2D eigenvalue weighted by Gasteiger charge is 2.30. The number of benzene rings is 1. The Hall–Kier alpha value is -4.16. The predicted molar refractivity (Wildman–Crippen MR) is 130 cm³/mol. The standard InChI is InChI=1S/C28H26N2O4/c1-5-21(19-9-7-6-8-10-19)20-13-15-30(16-14-20)28(32)26(31)22-17-29-25-23(33-3)12-11-18(2)27(34-4)24(22)25/h1,6-10,17-18,29H,13-16H2,2-4H3. The van der Waals surface area contributed by atoms with E-state index in [0.717, 1.165) is 16.7 Å². The quantitative estimate of drug-likeness (QED) is 0.427. The fourth-order valence-corrected chi connectivity index (χ4v) is 4.47. The Labute approximate surface area is 198 Å². The van der Waals surface area contributed by atoms with Gasteiger partial charge in [0.15, 0.2) is 5.76 Å². The zero-order valence-corrected chi connectivity index (χ0v) is 19.5. The van der Waals surface area contributed by atoms with Crippen LogP contribution in [0.4, 0.5) is 0 Å². The number of amides is 1. The molecule has 0 radical (unpaired) electrons. The number of hydrogen-bond donors (Lipinski definition) is 1. The Kier molecular flexibility index (Phi) is 6.61. The normalized spacial score (nSPS) is 17.1. The molecule has 1 aromatic carbocycles. The van der Waals surface area contributed by atoms with Crippen LogP contribution in [0.15, 0.2) is 42.1 Å². The minimum atomic E-state index is -0.593. The van der Waals surface area contributed by atoms with Crippen molar-refractivity contribution in [3.05, 3.63) is 63.8 Å². The molecule has 2 heterocycles. The number of aromatic nitrogens is 1. The van der Waals surface area contributed by atoms with Gasteiger partial charge in [-0.1, -0.05) is 47.7 Å². The molecule has 6 heteroatoms. The highest BCUT2D eigenvalue weighted by atomic mass is 16.5. The van der Waals surface area contributed by atoms with Crippen LogP contribution in [0.5, 0.6) is 0 Å². The first-order valence-electron chi connectivity index (χ1n) is 11.1. The molecule has 1 aromatic heterocycles. The van der Waals surface area contributed by atoms with Gasteiger partial charge < -0.3 is 19.4 Å². The van der Waals surface area contributed by atoms with Crippen LogP contribution in [0.3, 0.4) is 0 Å². The molecule has 0 saturated carbocycles. The Morgan fingerprint density at radius 3 is 2.47 bits per heavy atom. The van der Waals surface area contributed by atoms with E-state index in [1.54, 1.807) is 4.90 Å². The molecule has 2 aromatic rings. The number of hydrogen-bond acceptors (Lipinski definition) is 4. The first-order valence-corrected chi connectivity index (χ1v) is 11.1. The fraction of sp³-hybridized carbons (Fsp3) is 0.286. The van der Waals surface area contributed by atoms with Gasteiger partial charge in [0.05, 0.1) is 30.9 Å². The average Bonchev–Trinajstić information content (AvgIpc) is 3.24. The second kappa shape index (κ2) is 9.77. The summed E-state index contributed by atoms with van der Waals surface area (Å²) in [5, 5.41) is 1.05. The number of aromatic amines is 1. The molecule has 6 nitrogen and oxygen atoms in total. The van der Waals surface area contributed by atoms with Crippen LogP contribution in [-0.4, -0.2) is 48.9 Å². The lowest BCUT2D eigenvalue weighted by Gasteiger charge is -2.28. The lowest BCUT2D eigenvalue weighted by molar-refractivity contribution is -0.126. The van der Waals surface area contributed by atoms with Crippen molar-refractivity contribution in [2.75, 3.05) is 27.3 Å². The van der Waals surface area contributed by atoms with Crippen LogP contribution in [0.1, 0.15) is 35.7 Å². The van der Waals surface area contributed by atoms with Gasteiger partial charge in [0.25, 0.3) is 11.7 Å². The molecule has 1 aliphatic carbocycles. The van der Waals surface area contributed by atoms with E-state index < -0.39 is 11.7 Å². The molecule has 1 aliphatic heterocycles. The van der Waals surface area contributed by atoms with E-state index in [9.17, 15) is 9.59 Å². The number of piperidine rings is 1. The number of nitrogens with one attached hydrogen (secondary N) is 1. The summed E-state index contributed by atoms with van der Waals surface area (Å²) in [5.74, 6) is 8.34. The molecule has 0 spiro atoms. The number of carbonyl (C=O) groups excluding carboxylic acids is 2. The topological polar surface area (TPSA) is 71.6 Å². The summed E-state index contributed by atoms with van der Waals surface area (Å²) in [7, 11) is 3.05. The number of Topliss-reactive ketones (excluding diaryl/α,β-unsaturated/α-hetero) is 1. The molecular weight excluding hydrogens is 428 g/mol. The fourth-order valence-electron chi connectivity index (χ4n) is 4.47. The van der Waals surface area contributed by atoms with Gasteiger partial charge in [0.2, 0.25) is 0 Å². The Bertz CT molecular complexity index is 1380. The molecule has 1 unspecified atom stereocenters. The zero-order chi connectivity index (χ0) is 24.2. The molecule has 1 N–H and O–H groups in total. The van der Waals surface area contributed by atoms with E-state index >= 15 is 0 Å². The number of methoxy groups -OCH3 is 2. The largest absolute Gasteiger partial charge is 0.499 e. The zero-order valence-electron chi connectivity index (χ0n) is 19.5. The third-order valence-electron chi connectivity index (χ3n) is 6.23. The van der Waals surface area contributed by atoms with Crippen molar-refractivity contribution in [2.24, 2.45) is 5.92 Å². The van der Waals surface area contributed by atoms with E-state index in [4.69, 9.17) is 15.9 Å². The van der Waals surface area contributed by atoms with Gasteiger partial charge in [-0.15, -0.1) is 6.42 Å². The first-order chi connectivity index (χ1) is 16.5. The van der Waals surface area contributed by atoms with E-state index in [2.05, 4.69) is 22.7 Å². The van der Waals surface area contributed by atoms with Crippen LogP contribution in [0, 0.1) is 30.1 Å². The minimum Gasteiger partial charge on any atom is -0.499 e. The van der Waals surface area contributed by atoms with Gasteiger partial charge in [0.1, 0.15) is 11.1 Å². The second-order valence-corrected chi connectivity index (χ2v) is 8.16. The smallest absolute Gasteiger partial charge is 0.295 e. The van der Waals surface area contributed by atoms with Gasteiger partial charge >= 0.3 is 0 Å². The van der Waals surface area contributed by atoms with Crippen molar-refractivity contribution in [1.29, 1.82) is 0 Å². The lowest BCUT2D eigenvalue weighted by atomic mass is 9.93. The van der Waals surface area contributed by atoms with Crippen molar-refractivity contribution in [3.8, 4) is 24.2 Å². The molecule has 2 aliphatic rings. The van der Waals surface area contributed by atoms with Crippen LogP contribution >= 0.6 is 0 Å². The highest BCUT2D eigenvalue weighted by Crippen LogP contribution is 2.26. The van der Waals surface area contributed by atoms with Crippen LogP contribution in [-0.2, 0) is 14.3 Å².